The molecule has 3 N–H and O–H groups in total. The summed E-state index contributed by atoms with van der Waals surface area (Å²) in [5.41, 5.74) is 2.54. The van der Waals surface area contributed by atoms with Crippen molar-refractivity contribution < 1.29 is 14.0 Å². The summed E-state index contributed by atoms with van der Waals surface area (Å²) in [6, 6.07) is 10.7. The van der Waals surface area contributed by atoms with Crippen molar-refractivity contribution >= 4 is 60.8 Å². The number of aryl methyl sites for hydroxylation is 1. The van der Waals surface area contributed by atoms with Crippen LogP contribution in [0.2, 0.25) is 0 Å². The van der Waals surface area contributed by atoms with Gasteiger partial charge in [-0.25, -0.2) is 19.2 Å². The van der Waals surface area contributed by atoms with Crippen LogP contribution in [0, 0.1) is 12.7 Å². The van der Waals surface area contributed by atoms with Crippen molar-refractivity contribution in [2.24, 2.45) is 0 Å². The Morgan fingerprint density at radius 3 is 2.55 bits per heavy atom. The Balaban J connectivity index is 1.39. The number of benzene rings is 2. The second-order valence-electron chi connectivity index (χ2n) is 6.07. The van der Waals surface area contributed by atoms with Crippen molar-refractivity contribution in [1.82, 2.24) is 9.97 Å². The van der Waals surface area contributed by atoms with Crippen LogP contribution < -0.4 is 16.0 Å². The van der Waals surface area contributed by atoms with Crippen molar-refractivity contribution in [1.29, 1.82) is 0 Å². The number of carbonyl (C=O) groups excluding carboxylic acids is 2. The van der Waals surface area contributed by atoms with Crippen molar-refractivity contribution in [3.05, 3.63) is 64.9 Å². The topological polar surface area (TPSA) is 96.0 Å². The molecule has 0 fully saturated rings. The summed E-state index contributed by atoms with van der Waals surface area (Å²) in [6.45, 7) is 1.99. The van der Waals surface area contributed by atoms with Crippen LogP contribution >= 0.6 is 22.7 Å². The van der Waals surface area contributed by atoms with Gasteiger partial charge in [0.2, 0.25) is 0 Å². The fourth-order valence-electron chi connectivity index (χ4n) is 2.47. The Hall–Kier alpha value is -3.37. The smallest absolute Gasteiger partial charge is 0.308 e. The molecule has 0 bridgehead atoms. The number of amides is 3. The summed E-state index contributed by atoms with van der Waals surface area (Å²) in [5, 5.41) is 10.1. The first-order chi connectivity index (χ1) is 14.0. The number of fused-ring (bicyclic) bond motifs is 1. The first-order valence-electron chi connectivity index (χ1n) is 8.44. The maximum atomic E-state index is 12.9. The van der Waals surface area contributed by atoms with Gasteiger partial charge in [0.25, 0.3) is 5.91 Å². The Morgan fingerprint density at radius 1 is 0.966 bits per heavy atom. The lowest BCUT2D eigenvalue weighted by atomic mass is 10.2. The van der Waals surface area contributed by atoms with Gasteiger partial charge in [0.1, 0.15) is 11.5 Å². The zero-order chi connectivity index (χ0) is 20.4. The number of anilines is 3. The molecular weight excluding hydrogens is 413 g/mol. The fraction of sp³-hybridized carbons (Fsp3) is 0.0526. The lowest BCUT2D eigenvalue weighted by Gasteiger charge is -2.04. The standard InChI is InChI=1S/C19H14FN5O2S2/c1-10-2-7-13-15(8-10)29-19(22-13)24-16(26)14-9-28-18(23-14)25-17(27)21-12-5-3-11(20)4-6-12/h2-9H,1H3,(H,22,24,26)(H2,21,23,25,27). The minimum absolute atomic E-state index is 0.169. The number of hydrogen-bond donors (Lipinski definition) is 3. The average molecular weight is 427 g/mol. The highest BCUT2D eigenvalue weighted by atomic mass is 32.1. The molecule has 2 heterocycles. The Labute approximate surface area is 172 Å². The number of carbonyl (C=O) groups is 2. The van der Waals surface area contributed by atoms with E-state index in [0.29, 0.717) is 10.8 Å². The molecule has 29 heavy (non-hydrogen) atoms. The molecule has 3 amide bonds. The molecule has 10 heteroatoms. The van der Waals surface area contributed by atoms with Gasteiger partial charge >= 0.3 is 6.03 Å². The van der Waals surface area contributed by atoms with Crippen LogP contribution in [-0.4, -0.2) is 21.9 Å². The lowest BCUT2D eigenvalue weighted by molar-refractivity contribution is 0.102. The molecule has 0 aliphatic heterocycles. The first kappa shape index (κ1) is 19.0. The second-order valence-corrected chi connectivity index (χ2v) is 7.96. The molecule has 0 aliphatic rings. The Kier molecular flexibility index (Phi) is 5.19. The van der Waals surface area contributed by atoms with Gasteiger partial charge in [0.15, 0.2) is 10.3 Å². The predicted octanol–water partition coefficient (Wildman–Crippen LogP) is 5.10. The summed E-state index contributed by atoms with van der Waals surface area (Å²) in [4.78, 5) is 32.9. The number of halogens is 1. The SMILES string of the molecule is Cc1ccc2nc(NC(=O)c3csc(NC(=O)Nc4ccc(F)cc4)n3)sc2c1. The third-order valence-electron chi connectivity index (χ3n) is 3.82. The van der Waals surface area contributed by atoms with E-state index in [1.54, 1.807) is 5.38 Å². The van der Waals surface area contributed by atoms with Gasteiger partial charge < -0.3 is 5.32 Å². The molecule has 4 aromatic rings. The molecule has 2 aromatic carbocycles. The van der Waals surface area contributed by atoms with Crippen LogP contribution in [0.3, 0.4) is 0 Å². The van der Waals surface area contributed by atoms with E-state index in [4.69, 9.17) is 0 Å². The molecule has 146 valence electrons. The quantitative estimate of drug-likeness (QED) is 0.422. The molecule has 0 spiro atoms. The number of nitrogens with one attached hydrogen (secondary N) is 3. The van der Waals surface area contributed by atoms with E-state index in [-0.39, 0.29) is 10.8 Å². The third kappa shape index (κ3) is 4.55. The van der Waals surface area contributed by atoms with Gasteiger partial charge in [0.05, 0.1) is 10.2 Å². The molecule has 4 rings (SSSR count). The summed E-state index contributed by atoms with van der Waals surface area (Å²) >= 11 is 2.50. The van der Waals surface area contributed by atoms with Crippen LogP contribution in [-0.2, 0) is 0 Å². The predicted molar refractivity (Wildman–Crippen MR) is 113 cm³/mol. The van der Waals surface area contributed by atoms with Gasteiger partial charge in [-0.2, -0.15) is 0 Å². The number of thiazole rings is 2. The normalized spacial score (nSPS) is 10.7. The maximum Gasteiger partial charge on any atom is 0.325 e. The maximum absolute atomic E-state index is 12.9. The monoisotopic (exact) mass is 427 g/mol. The summed E-state index contributed by atoms with van der Waals surface area (Å²) in [6.07, 6.45) is 0. The van der Waals surface area contributed by atoms with E-state index in [1.807, 2.05) is 25.1 Å². The molecule has 0 atom stereocenters. The van der Waals surface area contributed by atoms with Crippen molar-refractivity contribution in [3.63, 3.8) is 0 Å². The van der Waals surface area contributed by atoms with Gasteiger partial charge in [-0.1, -0.05) is 17.4 Å². The fourth-order valence-corrected chi connectivity index (χ4v) is 4.12. The summed E-state index contributed by atoms with van der Waals surface area (Å²) in [5.74, 6) is -0.807. The highest BCUT2D eigenvalue weighted by Gasteiger charge is 2.15. The second kappa shape index (κ2) is 7.94. The van der Waals surface area contributed by atoms with E-state index >= 15 is 0 Å². The Morgan fingerprint density at radius 2 is 1.76 bits per heavy atom. The molecule has 0 aliphatic carbocycles. The van der Waals surface area contributed by atoms with Gasteiger partial charge in [-0.05, 0) is 48.9 Å². The van der Waals surface area contributed by atoms with Crippen molar-refractivity contribution in [3.8, 4) is 0 Å². The summed E-state index contributed by atoms with van der Waals surface area (Å²) in [7, 11) is 0. The molecule has 0 unspecified atom stereocenters. The lowest BCUT2D eigenvalue weighted by Crippen LogP contribution is -2.19. The summed E-state index contributed by atoms with van der Waals surface area (Å²) < 4.78 is 13.9. The van der Waals surface area contributed by atoms with E-state index in [9.17, 15) is 14.0 Å². The number of urea groups is 1. The van der Waals surface area contributed by atoms with Gasteiger partial charge in [-0.3, -0.25) is 15.4 Å². The minimum atomic E-state index is -0.542. The molecular formula is C19H14FN5O2S2. The minimum Gasteiger partial charge on any atom is -0.308 e. The van der Waals surface area contributed by atoms with Crippen LogP contribution in [0.5, 0.6) is 0 Å². The van der Waals surface area contributed by atoms with Crippen LogP contribution in [0.15, 0.2) is 47.8 Å². The van der Waals surface area contributed by atoms with Crippen LogP contribution in [0.4, 0.5) is 25.1 Å². The van der Waals surface area contributed by atoms with E-state index in [2.05, 4.69) is 25.9 Å². The molecule has 2 aromatic heterocycles. The first-order valence-corrected chi connectivity index (χ1v) is 10.1. The van der Waals surface area contributed by atoms with Crippen LogP contribution in [0.25, 0.3) is 10.2 Å². The van der Waals surface area contributed by atoms with E-state index < -0.39 is 17.8 Å². The number of hydrogen-bond acceptors (Lipinski definition) is 6. The molecule has 7 nitrogen and oxygen atoms in total. The highest BCUT2D eigenvalue weighted by molar-refractivity contribution is 7.22. The van der Waals surface area contributed by atoms with Crippen LogP contribution in [0.1, 0.15) is 16.1 Å². The largest absolute Gasteiger partial charge is 0.325 e. The average Bonchev–Trinajstić information content (AvgIpc) is 3.29. The van der Waals surface area contributed by atoms with Gasteiger partial charge in [0, 0.05) is 11.1 Å². The number of rotatable bonds is 4. The molecule has 0 saturated carbocycles. The molecule has 0 radical (unpaired) electrons. The number of aromatic nitrogens is 2. The van der Waals surface area contributed by atoms with E-state index in [1.165, 1.54) is 35.6 Å². The highest BCUT2D eigenvalue weighted by Crippen LogP contribution is 2.27. The zero-order valence-corrected chi connectivity index (χ0v) is 16.7. The van der Waals surface area contributed by atoms with Crippen molar-refractivity contribution in [2.45, 2.75) is 6.92 Å². The van der Waals surface area contributed by atoms with Gasteiger partial charge in [-0.15, -0.1) is 11.3 Å². The van der Waals surface area contributed by atoms with Crippen molar-refractivity contribution in [2.75, 3.05) is 16.0 Å². The third-order valence-corrected chi connectivity index (χ3v) is 5.52. The van der Waals surface area contributed by atoms with E-state index in [0.717, 1.165) is 27.1 Å². The molecule has 0 saturated heterocycles. The number of nitrogens with zero attached hydrogens (tertiary/aromatic N) is 2. The Bertz CT molecular complexity index is 1200. The zero-order valence-electron chi connectivity index (χ0n) is 15.0.